The number of aldehydes is 1. The van der Waals surface area contributed by atoms with E-state index in [0.29, 0.717) is 0 Å². The molecule has 0 heterocycles. The molecule has 3 heteroatoms. The maximum Gasteiger partial charge on any atom is 0.127 e. The van der Waals surface area contributed by atoms with E-state index in [2.05, 4.69) is 28.6 Å². The number of benzene rings is 1. The molecule has 1 aromatic rings. The van der Waals surface area contributed by atoms with Gasteiger partial charge in [0.25, 0.3) is 0 Å². The van der Waals surface area contributed by atoms with E-state index < -0.39 is 0 Å². The zero-order valence-electron chi connectivity index (χ0n) is 6.62. The van der Waals surface area contributed by atoms with Gasteiger partial charge in [0.1, 0.15) is 6.29 Å². The van der Waals surface area contributed by atoms with Crippen molar-refractivity contribution in [2.45, 2.75) is 17.7 Å². The van der Waals surface area contributed by atoms with E-state index in [1.807, 2.05) is 25.1 Å². The molecule has 64 valence electrons. The first-order chi connectivity index (χ1) is 5.66. The molecule has 0 aliphatic heterocycles. The van der Waals surface area contributed by atoms with Crippen LogP contribution in [0.1, 0.15) is 18.4 Å². The van der Waals surface area contributed by atoms with E-state index in [0.717, 1.165) is 21.2 Å². The van der Waals surface area contributed by atoms with Gasteiger partial charge in [0, 0.05) is 15.3 Å². The van der Waals surface area contributed by atoms with E-state index in [4.69, 9.17) is 0 Å². The lowest BCUT2D eigenvalue weighted by Crippen LogP contribution is -1.95. The fourth-order valence-electron chi connectivity index (χ4n) is 0.962. The van der Waals surface area contributed by atoms with Crippen molar-refractivity contribution >= 4 is 34.8 Å². The average Bonchev–Trinajstić information content (AvgIpc) is 2.08. The Morgan fingerprint density at radius 1 is 1.58 bits per heavy atom. The van der Waals surface area contributed by atoms with E-state index in [-0.39, 0.29) is 5.92 Å². The number of halogens is 1. The summed E-state index contributed by atoms with van der Waals surface area (Å²) in [7, 11) is 0. The fourth-order valence-corrected chi connectivity index (χ4v) is 1.80. The van der Waals surface area contributed by atoms with Crippen molar-refractivity contribution in [2.24, 2.45) is 0 Å². The van der Waals surface area contributed by atoms with Gasteiger partial charge in [-0.15, -0.1) is 12.6 Å². The quantitative estimate of drug-likeness (QED) is 0.626. The van der Waals surface area contributed by atoms with Gasteiger partial charge in [-0.25, -0.2) is 0 Å². The molecule has 0 aliphatic rings. The van der Waals surface area contributed by atoms with Crippen LogP contribution in [0, 0.1) is 0 Å². The highest BCUT2D eigenvalue weighted by Gasteiger charge is 2.08. The number of hydrogen-bond acceptors (Lipinski definition) is 2. The summed E-state index contributed by atoms with van der Waals surface area (Å²) >= 11 is 7.62. The molecule has 0 bridgehead atoms. The Kier molecular flexibility index (Phi) is 3.35. The van der Waals surface area contributed by atoms with Gasteiger partial charge in [-0.3, -0.25) is 0 Å². The van der Waals surface area contributed by atoms with Gasteiger partial charge in [0.2, 0.25) is 0 Å². The molecule has 0 aromatic heterocycles. The number of thiol groups is 1. The second-order valence-corrected chi connectivity index (χ2v) is 3.88. The summed E-state index contributed by atoms with van der Waals surface area (Å²) in [4.78, 5) is 11.4. The summed E-state index contributed by atoms with van der Waals surface area (Å²) in [5, 5.41) is 0. The maximum absolute atomic E-state index is 10.5. The second-order valence-electron chi connectivity index (χ2n) is 2.61. The lowest BCUT2D eigenvalue weighted by atomic mass is 10.0. The Balaban J connectivity index is 3.15. The van der Waals surface area contributed by atoms with Crippen molar-refractivity contribution in [1.82, 2.24) is 0 Å². The van der Waals surface area contributed by atoms with Crippen LogP contribution in [0.5, 0.6) is 0 Å². The summed E-state index contributed by atoms with van der Waals surface area (Å²) < 4.78 is 0.910. The van der Waals surface area contributed by atoms with Crippen LogP contribution in [0.2, 0.25) is 0 Å². The molecule has 12 heavy (non-hydrogen) atoms. The van der Waals surface area contributed by atoms with Gasteiger partial charge in [-0.05, 0) is 27.6 Å². The molecule has 1 atom stereocenters. The lowest BCUT2D eigenvalue weighted by Gasteiger charge is -2.07. The fraction of sp³-hybridized carbons (Fsp3) is 0.222. The summed E-state index contributed by atoms with van der Waals surface area (Å²) in [5.41, 5.74) is 0.984. The van der Waals surface area contributed by atoms with Gasteiger partial charge in [-0.2, -0.15) is 0 Å². The molecule has 0 aliphatic carbocycles. The van der Waals surface area contributed by atoms with Crippen molar-refractivity contribution in [2.75, 3.05) is 0 Å². The average molecular weight is 245 g/mol. The Bertz CT molecular complexity index is 299. The molecule has 1 rings (SSSR count). The highest BCUT2D eigenvalue weighted by Crippen LogP contribution is 2.29. The van der Waals surface area contributed by atoms with Crippen molar-refractivity contribution in [1.29, 1.82) is 0 Å². The van der Waals surface area contributed by atoms with Crippen molar-refractivity contribution in [3.63, 3.8) is 0 Å². The van der Waals surface area contributed by atoms with Gasteiger partial charge in [-0.1, -0.05) is 19.1 Å². The van der Waals surface area contributed by atoms with E-state index in [1.165, 1.54) is 0 Å². The Hall–Kier alpha value is -0.280. The molecule has 1 unspecified atom stereocenters. The molecule has 0 saturated carbocycles. The van der Waals surface area contributed by atoms with E-state index in [9.17, 15) is 4.79 Å². The molecule has 0 saturated heterocycles. The first-order valence-corrected chi connectivity index (χ1v) is 4.83. The Morgan fingerprint density at radius 3 is 2.83 bits per heavy atom. The van der Waals surface area contributed by atoms with Crippen LogP contribution in [0.15, 0.2) is 27.6 Å². The number of rotatable bonds is 2. The Labute approximate surface area is 85.7 Å². The maximum atomic E-state index is 10.5. The SMILES string of the molecule is CC(C=O)c1cccc(S)c1Br. The van der Waals surface area contributed by atoms with Gasteiger partial charge >= 0.3 is 0 Å². The zero-order chi connectivity index (χ0) is 9.14. The summed E-state index contributed by atoms with van der Waals surface area (Å²) in [6, 6.07) is 5.69. The van der Waals surface area contributed by atoms with Crippen LogP contribution in [0.25, 0.3) is 0 Å². The molecular weight excluding hydrogens is 236 g/mol. The van der Waals surface area contributed by atoms with Gasteiger partial charge in [0.05, 0.1) is 0 Å². The molecule has 0 N–H and O–H groups in total. The molecule has 0 radical (unpaired) electrons. The van der Waals surface area contributed by atoms with Crippen molar-refractivity contribution < 1.29 is 4.79 Å². The minimum Gasteiger partial charge on any atom is -0.303 e. The largest absolute Gasteiger partial charge is 0.303 e. The molecule has 0 amide bonds. The van der Waals surface area contributed by atoms with Crippen molar-refractivity contribution in [3.05, 3.63) is 28.2 Å². The summed E-state index contributed by atoms with van der Waals surface area (Å²) in [5.74, 6) is -0.0773. The first-order valence-electron chi connectivity index (χ1n) is 3.59. The highest BCUT2D eigenvalue weighted by atomic mass is 79.9. The molecule has 1 nitrogen and oxygen atoms in total. The minimum absolute atomic E-state index is 0.0773. The molecular formula is C9H9BrOS. The predicted molar refractivity (Wildman–Crippen MR) is 55.9 cm³/mol. The van der Waals surface area contributed by atoms with Crippen molar-refractivity contribution in [3.8, 4) is 0 Å². The minimum atomic E-state index is -0.0773. The van der Waals surface area contributed by atoms with Gasteiger partial charge < -0.3 is 4.79 Å². The summed E-state index contributed by atoms with van der Waals surface area (Å²) in [6.07, 6.45) is 0.924. The lowest BCUT2D eigenvalue weighted by molar-refractivity contribution is -0.108. The third kappa shape index (κ3) is 1.90. The van der Waals surface area contributed by atoms with Gasteiger partial charge in [0.15, 0.2) is 0 Å². The monoisotopic (exact) mass is 244 g/mol. The number of carbonyl (C=O) groups is 1. The third-order valence-electron chi connectivity index (χ3n) is 1.70. The van der Waals surface area contributed by atoms with Crippen LogP contribution in [0.3, 0.4) is 0 Å². The Morgan fingerprint density at radius 2 is 2.25 bits per heavy atom. The highest BCUT2D eigenvalue weighted by molar-refractivity contribution is 9.10. The normalized spacial score (nSPS) is 12.6. The second kappa shape index (κ2) is 4.10. The summed E-state index contributed by atoms with van der Waals surface area (Å²) in [6.45, 7) is 1.86. The van der Waals surface area contributed by atoms with E-state index in [1.54, 1.807) is 0 Å². The molecule has 1 aromatic carbocycles. The van der Waals surface area contributed by atoms with Crippen LogP contribution in [0.4, 0.5) is 0 Å². The van der Waals surface area contributed by atoms with E-state index >= 15 is 0 Å². The van der Waals surface area contributed by atoms with Crippen LogP contribution >= 0.6 is 28.6 Å². The first kappa shape index (κ1) is 9.81. The zero-order valence-corrected chi connectivity index (χ0v) is 9.10. The van der Waals surface area contributed by atoms with Crippen LogP contribution in [-0.2, 0) is 4.79 Å². The predicted octanol–water partition coefficient (Wildman–Crippen LogP) is 3.04. The standard InChI is InChI=1S/C9H9BrOS/c1-6(5-11)7-3-2-4-8(12)9(7)10/h2-6,12H,1H3. The van der Waals surface area contributed by atoms with Crippen LogP contribution in [-0.4, -0.2) is 6.29 Å². The number of carbonyl (C=O) groups excluding carboxylic acids is 1. The van der Waals surface area contributed by atoms with Crippen LogP contribution < -0.4 is 0 Å². The smallest absolute Gasteiger partial charge is 0.127 e. The number of hydrogen-bond donors (Lipinski definition) is 1. The topological polar surface area (TPSA) is 17.1 Å². The molecule has 0 fully saturated rings. The third-order valence-corrected chi connectivity index (χ3v) is 3.27. The molecule has 0 spiro atoms.